The van der Waals surface area contributed by atoms with Crippen LogP contribution in [-0.2, 0) is 20.9 Å². The summed E-state index contributed by atoms with van der Waals surface area (Å²) in [5, 5.41) is 7.51. The second-order valence-electron chi connectivity index (χ2n) is 7.44. The maximum absolute atomic E-state index is 12.3. The molecular formula is C26H28ClN3O5. The average molecular weight is 498 g/mol. The summed E-state index contributed by atoms with van der Waals surface area (Å²) in [6.45, 7) is 4.94. The third kappa shape index (κ3) is 7.89. The molecule has 0 bridgehead atoms. The predicted molar refractivity (Wildman–Crippen MR) is 135 cm³/mol. The Morgan fingerprint density at radius 1 is 1.09 bits per heavy atom. The maximum atomic E-state index is 12.3. The number of amides is 1. The van der Waals surface area contributed by atoms with Crippen LogP contribution < -0.4 is 14.8 Å². The Bertz CT molecular complexity index is 1180. The number of halogens is 1. The van der Waals surface area contributed by atoms with Crippen molar-refractivity contribution in [2.45, 2.75) is 26.8 Å². The normalized spacial score (nSPS) is 10.8. The molecule has 9 heteroatoms. The van der Waals surface area contributed by atoms with Crippen LogP contribution in [0.1, 0.15) is 31.4 Å². The Balaban J connectivity index is 1.52. The number of esters is 1. The van der Waals surface area contributed by atoms with Crippen molar-refractivity contribution < 1.29 is 23.8 Å². The van der Waals surface area contributed by atoms with Crippen molar-refractivity contribution in [3.8, 4) is 11.5 Å². The molecule has 2 aromatic carbocycles. The van der Waals surface area contributed by atoms with Crippen LogP contribution in [0, 0.1) is 0 Å². The lowest BCUT2D eigenvalue weighted by Gasteiger charge is -2.12. The first-order chi connectivity index (χ1) is 17.0. The largest absolute Gasteiger partial charge is 0.490 e. The lowest BCUT2D eigenvalue weighted by Crippen LogP contribution is -2.22. The molecule has 0 aliphatic heterocycles. The summed E-state index contributed by atoms with van der Waals surface area (Å²) in [5.41, 5.74) is 1.60. The summed E-state index contributed by atoms with van der Waals surface area (Å²) >= 11 is 6.20. The van der Waals surface area contributed by atoms with E-state index in [0.29, 0.717) is 42.1 Å². The molecule has 1 amide bonds. The van der Waals surface area contributed by atoms with E-state index in [9.17, 15) is 9.59 Å². The molecule has 8 nitrogen and oxygen atoms in total. The van der Waals surface area contributed by atoms with E-state index in [0.717, 1.165) is 17.5 Å². The van der Waals surface area contributed by atoms with Crippen molar-refractivity contribution in [2.24, 2.45) is 0 Å². The number of carbonyl (C=O) groups excluding carboxylic acids is 2. The second kappa shape index (κ2) is 13.2. The van der Waals surface area contributed by atoms with Gasteiger partial charge in [0.2, 0.25) is 0 Å². The monoisotopic (exact) mass is 497 g/mol. The molecule has 0 aliphatic rings. The van der Waals surface area contributed by atoms with Crippen LogP contribution in [0.25, 0.3) is 6.08 Å². The standard InChI is InChI=1S/C26H28ClN3O5/c1-3-15-34-22-11-9-19(16-23(22)33-4-2)10-12-26(32)35-18-25(31)29-24-13-14-28-30(24)17-20-7-5-6-8-21(20)27/h5-14,16H,3-4,15,17-18H2,1-2H3,(H,29,31)/b12-10+. The number of hydrogen-bond acceptors (Lipinski definition) is 6. The molecule has 184 valence electrons. The van der Waals surface area contributed by atoms with Gasteiger partial charge >= 0.3 is 5.97 Å². The number of nitrogens with one attached hydrogen (secondary N) is 1. The van der Waals surface area contributed by atoms with Gasteiger partial charge in [-0.2, -0.15) is 5.10 Å². The quantitative estimate of drug-likeness (QED) is 0.280. The van der Waals surface area contributed by atoms with Crippen molar-refractivity contribution in [1.29, 1.82) is 0 Å². The van der Waals surface area contributed by atoms with Crippen molar-refractivity contribution >= 4 is 35.4 Å². The zero-order chi connectivity index (χ0) is 25.0. The van der Waals surface area contributed by atoms with Gasteiger partial charge in [-0.25, -0.2) is 9.48 Å². The van der Waals surface area contributed by atoms with Crippen LogP contribution in [-0.4, -0.2) is 41.5 Å². The molecule has 1 aromatic heterocycles. The summed E-state index contributed by atoms with van der Waals surface area (Å²) < 4.78 is 18.0. The van der Waals surface area contributed by atoms with E-state index in [1.165, 1.54) is 6.08 Å². The average Bonchev–Trinajstić information content (AvgIpc) is 3.28. The molecule has 3 aromatic rings. The summed E-state index contributed by atoms with van der Waals surface area (Å²) in [6.07, 6.45) is 5.30. The summed E-state index contributed by atoms with van der Waals surface area (Å²) in [5.74, 6) is 0.594. The molecule has 1 heterocycles. The third-order valence-corrected chi connectivity index (χ3v) is 5.12. The van der Waals surface area contributed by atoms with Crippen molar-refractivity contribution in [3.05, 3.63) is 77.0 Å². The van der Waals surface area contributed by atoms with E-state index in [4.69, 9.17) is 25.8 Å². The molecule has 0 fully saturated rings. The highest BCUT2D eigenvalue weighted by Gasteiger charge is 2.11. The third-order valence-electron chi connectivity index (χ3n) is 4.75. The van der Waals surface area contributed by atoms with Crippen molar-refractivity contribution in [3.63, 3.8) is 0 Å². The zero-order valence-corrected chi connectivity index (χ0v) is 20.5. The van der Waals surface area contributed by atoms with Gasteiger partial charge in [0, 0.05) is 17.2 Å². The minimum absolute atomic E-state index is 0.386. The van der Waals surface area contributed by atoms with Gasteiger partial charge in [0.05, 0.1) is 26.0 Å². The molecular weight excluding hydrogens is 470 g/mol. The fourth-order valence-corrected chi connectivity index (χ4v) is 3.30. The molecule has 3 rings (SSSR count). The van der Waals surface area contributed by atoms with Crippen LogP contribution >= 0.6 is 11.6 Å². The first-order valence-electron chi connectivity index (χ1n) is 11.3. The lowest BCUT2D eigenvalue weighted by atomic mass is 10.2. The Morgan fingerprint density at radius 3 is 2.69 bits per heavy atom. The number of aromatic nitrogens is 2. The number of ether oxygens (including phenoxy) is 3. The number of benzene rings is 2. The summed E-state index contributed by atoms with van der Waals surface area (Å²) in [7, 11) is 0. The van der Waals surface area contributed by atoms with Crippen LogP contribution in [0.3, 0.4) is 0 Å². The minimum Gasteiger partial charge on any atom is -0.490 e. The number of carbonyl (C=O) groups is 2. The van der Waals surface area contributed by atoms with E-state index in [2.05, 4.69) is 10.4 Å². The van der Waals surface area contributed by atoms with Gasteiger partial charge < -0.3 is 19.5 Å². The molecule has 35 heavy (non-hydrogen) atoms. The SMILES string of the molecule is CCCOc1ccc(/C=C/C(=O)OCC(=O)Nc2ccnn2Cc2ccccc2Cl)cc1OCC. The Kier molecular flexibility index (Phi) is 9.74. The molecule has 0 saturated carbocycles. The smallest absolute Gasteiger partial charge is 0.331 e. The molecule has 0 aliphatic carbocycles. The zero-order valence-electron chi connectivity index (χ0n) is 19.7. The van der Waals surface area contributed by atoms with Crippen LogP contribution in [0.15, 0.2) is 60.8 Å². The molecule has 1 N–H and O–H groups in total. The molecule has 0 spiro atoms. The predicted octanol–water partition coefficient (Wildman–Crippen LogP) is 4.97. The summed E-state index contributed by atoms with van der Waals surface area (Å²) in [6, 6.07) is 14.4. The van der Waals surface area contributed by atoms with E-state index >= 15 is 0 Å². The highest BCUT2D eigenvalue weighted by molar-refractivity contribution is 6.31. The Hall–Kier alpha value is -3.78. The van der Waals surface area contributed by atoms with E-state index in [1.807, 2.05) is 38.1 Å². The van der Waals surface area contributed by atoms with Gasteiger partial charge in [-0.15, -0.1) is 0 Å². The minimum atomic E-state index is -0.644. The fraction of sp³-hybridized carbons (Fsp3) is 0.269. The van der Waals surface area contributed by atoms with E-state index < -0.39 is 18.5 Å². The second-order valence-corrected chi connectivity index (χ2v) is 7.85. The van der Waals surface area contributed by atoms with Gasteiger partial charge in [0.25, 0.3) is 5.91 Å². The van der Waals surface area contributed by atoms with Gasteiger partial charge in [0.15, 0.2) is 18.1 Å². The summed E-state index contributed by atoms with van der Waals surface area (Å²) in [4.78, 5) is 24.4. The Morgan fingerprint density at radius 2 is 1.91 bits per heavy atom. The van der Waals surface area contributed by atoms with Crippen molar-refractivity contribution in [1.82, 2.24) is 9.78 Å². The van der Waals surface area contributed by atoms with Gasteiger partial charge in [-0.1, -0.05) is 42.8 Å². The molecule has 0 saturated heterocycles. The first kappa shape index (κ1) is 25.8. The van der Waals surface area contributed by atoms with E-state index in [-0.39, 0.29) is 0 Å². The number of anilines is 1. The van der Waals surface area contributed by atoms with Crippen molar-refractivity contribution in [2.75, 3.05) is 25.1 Å². The topological polar surface area (TPSA) is 91.7 Å². The van der Waals surface area contributed by atoms with Crippen LogP contribution in [0.5, 0.6) is 11.5 Å². The lowest BCUT2D eigenvalue weighted by molar-refractivity contribution is -0.142. The maximum Gasteiger partial charge on any atom is 0.331 e. The van der Waals surface area contributed by atoms with Gasteiger partial charge in [-0.3, -0.25) is 4.79 Å². The number of nitrogens with zero attached hydrogens (tertiary/aromatic N) is 2. The van der Waals surface area contributed by atoms with Gasteiger partial charge in [-0.05, 0) is 48.7 Å². The highest BCUT2D eigenvalue weighted by atomic mass is 35.5. The fourth-order valence-electron chi connectivity index (χ4n) is 3.11. The highest BCUT2D eigenvalue weighted by Crippen LogP contribution is 2.29. The Labute approximate surface area is 209 Å². The number of hydrogen-bond donors (Lipinski definition) is 1. The first-order valence-corrected chi connectivity index (χ1v) is 11.7. The molecule has 0 radical (unpaired) electrons. The van der Waals surface area contributed by atoms with Gasteiger partial charge in [0.1, 0.15) is 5.82 Å². The van der Waals surface area contributed by atoms with Crippen LogP contribution in [0.4, 0.5) is 5.82 Å². The van der Waals surface area contributed by atoms with Crippen LogP contribution in [0.2, 0.25) is 5.02 Å². The number of rotatable bonds is 12. The molecule has 0 unspecified atom stereocenters. The molecule has 0 atom stereocenters. The van der Waals surface area contributed by atoms with E-state index in [1.54, 1.807) is 41.2 Å².